The Bertz CT molecular complexity index is 310. The monoisotopic (exact) mass is 179 g/mol. The maximum atomic E-state index is 5.66. The zero-order valence-electron chi connectivity index (χ0n) is 7.36. The molecule has 1 heterocycles. The quantitative estimate of drug-likeness (QED) is 0.715. The fourth-order valence-electron chi connectivity index (χ4n) is 1.17. The van der Waals surface area contributed by atoms with Crippen LogP contribution in [-0.4, -0.2) is 11.1 Å². The van der Waals surface area contributed by atoms with Crippen molar-refractivity contribution in [2.75, 3.05) is 5.73 Å². The first kappa shape index (κ1) is 8.31. The molecule has 1 saturated carbocycles. The summed E-state index contributed by atoms with van der Waals surface area (Å²) in [7, 11) is 0. The Labute approximate surface area is 76.9 Å². The number of rotatable bonds is 3. The van der Waals surface area contributed by atoms with Crippen molar-refractivity contribution in [2.24, 2.45) is 5.73 Å². The van der Waals surface area contributed by atoms with Gasteiger partial charge in [-0.25, -0.2) is 4.98 Å². The molecule has 1 fully saturated rings. The van der Waals surface area contributed by atoms with Crippen molar-refractivity contribution < 1.29 is 4.74 Å². The number of ether oxygens (including phenoxy) is 1. The van der Waals surface area contributed by atoms with E-state index in [1.807, 2.05) is 6.07 Å². The maximum absolute atomic E-state index is 5.66. The van der Waals surface area contributed by atoms with Crippen LogP contribution in [-0.2, 0) is 6.54 Å². The van der Waals surface area contributed by atoms with E-state index in [1.165, 1.54) is 0 Å². The molecular formula is C9H13N3O. The van der Waals surface area contributed by atoms with Crippen molar-refractivity contribution in [1.82, 2.24) is 4.98 Å². The highest BCUT2D eigenvalue weighted by atomic mass is 16.5. The van der Waals surface area contributed by atoms with Crippen LogP contribution in [0.5, 0.6) is 5.75 Å². The molecular weight excluding hydrogens is 166 g/mol. The van der Waals surface area contributed by atoms with Gasteiger partial charge in [0.15, 0.2) is 0 Å². The van der Waals surface area contributed by atoms with E-state index in [0.717, 1.165) is 24.2 Å². The molecule has 13 heavy (non-hydrogen) atoms. The van der Waals surface area contributed by atoms with Crippen molar-refractivity contribution in [1.29, 1.82) is 0 Å². The van der Waals surface area contributed by atoms with Crippen LogP contribution in [0.2, 0.25) is 0 Å². The summed E-state index contributed by atoms with van der Waals surface area (Å²) in [5.41, 5.74) is 12.0. The summed E-state index contributed by atoms with van der Waals surface area (Å²) in [5, 5.41) is 0. The van der Waals surface area contributed by atoms with Gasteiger partial charge in [-0.15, -0.1) is 0 Å². The van der Waals surface area contributed by atoms with Crippen molar-refractivity contribution >= 4 is 5.82 Å². The van der Waals surface area contributed by atoms with Crippen LogP contribution in [0.25, 0.3) is 0 Å². The average molecular weight is 179 g/mol. The molecule has 0 amide bonds. The molecule has 0 saturated heterocycles. The molecule has 0 atom stereocenters. The molecule has 70 valence electrons. The Balaban J connectivity index is 2.25. The molecule has 4 nitrogen and oxygen atoms in total. The van der Waals surface area contributed by atoms with Crippen LogP contribution < -0.4 is 16.2 Å². The molecule has 1 aliphatic rings. The maximum Gasteiger partial charge on any atom is 0.131 e. The van der Waals surface area contributed by atoms with Gasteiger partial charge in [0, 0.05) is 18.3 Å². The minimum atomic E-state index is 0.368. The number of hydrogen-bond acceptors (Lipinski definition) is 4. The fourth-order valence-corrected chi connectivity index (χ4v) is 1.17. The molecule has 1 aliphatic carbocycles. The van der Waals surface area contributed by atoms with Gasteiger partial charge in [-0.1, -0.05) is 0 Å². The van der Waals surface area contributed by atoms with Crippen LogP contribution >= 0.6 is 0 Å². The standard InChI is InChI=1S/C9H13N3O/c10-5-7-8(13-6-1-2-6)3-4-12-9(7)11/h3-4,6H,1-2,5,10H2,(H2,11,12). The number of nitrogens with two attached hydrogens (primary N) is 2. The molecule has 0 aliphatic heterocycles. The first-order chi connectivity index (χ1) is 6.31. The summed E-state index contributed by atoms with van der Waals surface area (Å²) in [6, 6.07) is 1.82. The lowest BCUT2D eigenvalue weighted by atomic mass is 10.2. The molecule has 1 aromatic heterocycles. The summed E-state index contributed by atoms with van der Waals surface area (Å²) >= 11 is 0. The van der Waals surface area contributed by atoms with Crippen LogP contribution in [0.3, 0.4) is 0 Å². The molecule has 0 spiro atoms. The van der Waals surface area contributed by atoms with Crippen molar-refractivity contribution in [2.45, 2.75) is 25.5 Å². The molecule has 0 aromatic carbocycles. The van der Waals surface area contributed by atoms with Crippen molar-refractivity contribution in [3.63, 3.8) is 0 Å². The van der Waals surface area contributed by atoms with E-state index in [2.05, 4.69) is 4.98 Å². The summed E-state index contributed by atoms with van der Waals surface area (Å²) in [5.74, 6) is 1.26. The van der Waals surface area contributed by atoms with E-state index in [9.17, 15) is 0 Å². The summed E-state index contributed by atoms with van der Waals surface area (Å²) < 4.78 is 5.63. The minimum Gasteiger partial charge on any atom is -0.490 e. The average Bonchev–Trinajstić information content (AvgIpc) is 2.89. The fraction of sp³-hybridized carbons (Fsp3) is 0.444. The van der Waals surface area contributed by atoms with E-state index < -0.39 is 0 Å². The van der Waals surface area contributed by atoms with Gasteiger partial charge in [-0.3, -0.25) is 0 Å². The molecule has 1 aromatic rings. The second-order valence-corrected chi connectivity index (χ2v) is 3.19. The van der Waals surface area contributed by atoms with E-state index in [1.54, 1.807) is 6.20 Å². The lowest BCUT2D eigenvalue weighted by Crippen LogP contribution is -2.08. The zero-order valence-corrected chi connectivity index (χ0v) is 7.36. The third kappa shape index (κ3) is 1.72. The highest BCUT2D eigenvalue weighted by Gasteiger charge is 2.24. The normalized spacial score (nSPS) is 15.8. The number of nitrogens with zero attached hydrogens (tertiary/aromatic N) is 1. The summed E-state index contributed by atoms with van der Waals surface area (Å²) in [6.07, 6.45) is 4.28. The van der Waals surface area contributed by atoms with Crippen LogP contribution in [0, 0.1) is 0 Å². The highest BCUT2D eigenvalue weighted by Crippen LogP contribution is 2.30. The molecule has 0 bridgehead atoms. The number of aromatic nitrogens is 1. The minimum absolute atomic E-state index is 0.368. The van der Waals surface area contributed by atoms with Gasteiger partial charge in [0.25, 0.3) is 0 Å². The first-order valence-electron chi connectivity index (χ1n) is 4.41. The van der Waals surface area contributed by atoms with Gasteiger partial charge in [0.05, 0.1) is 6.10 Å². The largest absolute Gasteiger partial charge is 0.490 e. The van der Waals surface area contributed by atoms with Crippen LogP contribution in [0.1, 0.15) is 18.4 Å². The molecule has 4 heteroatoms. The highest BCUT2D eigenvalue weighted by molar-refractivity contribution is 5.48. The predicted molar refractivity (Wildman–Crippen MR) is 50.2 cm³/mol. The Morgan fingerprint density at radius 2 is 2.31 bits per heavy atom. The van der Waals surface area contributed by atoms with E-state index in [4.69, 9.17) is 16.2 Å². The molecule has 4 N–H and O–H groups in total. The number of anilines is 1. The van der Waals surface area contributed by atoms with Crippen LogP contribution in [0.4, 0.5) is 5.82 Å². The van der Waals surface area contributed by atoms with Crippen molar-refractivity contribution in [3.05, 3.63) is 17.8 Å². The number of pyridine rings is 1. The molecule has 0 unspecified atom stereocenters. The summed E-state index contributed by atoms with van der Waals surface area (Å²) in [6.45, 7) is 0.377. The second kappa shape index (κ2) is 3.22. The van der Waals surface area contributed by atoms with E-state index >= 15 is 0 Å². The molecule has 2 rings (SSSR count). The molecule has 0 radical (unpaired) electrons. The van der Waals surface area contributed by atoms with Crippen LogP contribution in [0.15, 0.2) is 12.3 Å². The van der Waals surface area contributed by atoms with E-state index in [-0.39, 0.29) is 0 Å². The Hall–Kier alpha value is -1.29. The lowest BCUT2D eigenvalue weighted by Gasteiger charge is -2.10. The topological polar surface area (TPSA) is 74.2 Å². The van der Waals surface area contributed by atoms with E-state index in [0.29, 0.717) is 18.5 Å². The Morgan fingerprint density at radius 1 is 1.54 bits per heavy atom. The lowest BCUT2D eigenvalue weighted by molar-refractivity contribution is 0.300. The smallest absolute Gasteiger partial charge is 0.131 e. The number of hydrogen-bond donors (Lipinski definition) is 2. The zero-order chi connectivity index (χ0) is 9.26. The summed E-state index contributed by atoms with van der Waals surface area (Å²) in [4.78, 5) is 3.96. The van der Waals surface area contributed by atoms with Gasteiger partial charge in [-0.05, 0) is 18.9 Å². The Morgan fingerprint density at radius 3 is 2.92 bits per heavy atom. The third-order valence-corrected chi connectivity index (χ3v) is 2.07. The third-order valence-electron chi connectivity index (χ3n) is 2.07. The van der Waals surface area contributed by atoms with Gasteiger partial charge in [-0.2, -0.15) is 0 Å². The second-order valence-electron chi connectivity index (χ2n) is 3.19. The van der Waals surface area contributed by atoms with Gasteiger partial charge < -0.3 is 16.2 Å². The number of nitrogen functional groups attached to an aromatic ring is 1. The van der Waals surface area contributed by atoms with Gasteiger partial charge >= 0.3 is 0 Å². The van der Waals surface area contributed by atoms with Gasteiger partial charge in [0.2, 0.25) is 0 Å². The van der Waals surface area contributed by atoms with Gasteiger partial charge in [0.1, 0.15) is 11.6 Å². The SMILES string of the molecule is NCc1c(OC2CC2)ccnc1N. The predicted octanol–water partition coefficient (Wildman–Crippen LogP) is 0.664. The Kier molecular flexibility index (Phi) is 2.06. The van der Waals surface area contributed by atoms with Crippen molar-refractivity contribution in [3.8, 4) is 5.75 Å². The first-order valence-corrected chi connectivity index (χ1v) is 4.41.